The fourth-order valence-electron chi connectivity index (χ4n) is 3.70. The summed E-state index contributed by atoms with van der Waals surface area (Å²) in [5, 5.41) is 10.8. The van der Waals surface area contributed by atoms with Crippen molar-refractivity contribution < 1.29 is 4.79 Å². The van der Waals surface area contributed by atoms with E-state index in [-0.39, 0.29) is 5.91 Å². The van der Waals surface area contributed by atoms with Crippen LogP contribution in [0.25, 0.3) is 0 Å². The molecule has 1 amide bonds. The zero-order chi connectivity index (χ0) is 16.5. The highest BCUT2D eigenvalue weighted by molar-refractivity contribution is 7.09. The van der Waals surface area contributed by atoms with Crippen molar-refractivity contribution in [2.75, 3.05) is 19.6 Å². The van der Waals surface area contributed by atoms with Crippen LogP contribution in [0, 0.1) is 12.8 Å². The molecule has 1 aliphatic heterocycles. The molecular formula is C17H23N5OS. The number of nitrogens with zero attached hydrogens (tertiary/aromatic N) is 3. The summed E-state index contributed by atoms with van der Waals surface area (Å²) in [5.74, 6) is 0.586. The van der Waals surface area contributed by atoms with Crippen molar-refractivity contribution in [1.82, 2.24) is 25.4 Å². The summed E-state index contributed by atoms with van der Waals surface area (Å²) in [6.07, 6.45) is 4.22. The number of rotatable bonds is 5. The third kappa shape index (κ3) is 2.98. The second-order valence-electron chi connectivity index (χ2n) is 6.79. The third-order valence-electron chi connectivity index (χ3n) is 5.12. The number of aryl methyl sites for hydroxylation is 2. The first-order valence-corrected chi connectivity index (χ1v) is 9.55. The number of aromatic nitrogens is 3. The first-order valence-electron chi connectivity index (χ1n) is 8.67. The molecule has 24 heavy (non-hydrogen) atoms. The van der Waals surface area contributed by atoms with Gasteiger partial charge in [-0.2, -0.15) is 5.10 Å². The molecule has 1 atom stereocenters. The normalized spacial score (nSPS) is 19.6. The van der Waals surface area contributed by atoms with Crippen molar-refractivity contribution in [2.24, 2.45) is 5.92 Å². The van der Waals surface area contributed by atoms with Gasteiger partial charge < -0.3 is 10.2 Å². The third-order valence-corrected chi connectivity index (χ3v) is 6.04. The van der Waals surface area contributed by atoms with Crippen LogP contribution in [-0.2, 0) is 19.4 Å². The molecule has 0 saturated carbocycles. The summed E-state index contributed by atoms with van der Waals surface area (Å²) in [6, 6.07) is 0. The molecule has 1 unspecified atom stereocenters. The number of aromatic amines is 1. The predicted octanol–water partition coefficient (Wildman–Crippen LogP) is 1.92. The lowest BCUT2D eigenvalue weighted by Gasteiger charge is -2.25. The number of carbonyl (C=O) groups is 1. The Hall–Kier alpha value is -1.73. The number of fused-ring (bicyclic) bond motifs is 1. The fraction of sp³-hybridized carbons (Fsp3) is 0.588. The number of hydrogen-bond donors (Lipinski definition) is 2. The van der Waals surface area contributed by atoms with E-state index in [1.165, 1.54) is 4.88 Å². The van der Waals surface area contributed by atoms with E-state index in [1.54, 1.807) is 11.3 Å². The quantitative estimate of drug-likeness (QED) is 0.868. The van der Waals surface area contributed by atoms with Gasteiger partial charge in [0, 0.05) is 22.7 Å². The first kappa shape index (κ1) is 15.8. The average molecular weight is 345 g/mol. The molecule has 1 aliphatic carbocycles. The largest absolute Gasteiger partial charge is 0.332 e. The van der Waals surface area contributed by atoms with Gasteiger partial charge in [-0.25, -0.2) is 4.98 Å². The summed E-state index contributed by atoms with van der Waals surface area (Å²) < 4.78 is 0. The topological polar surface area (TPSA) is 73.9 Å². The van der Waals surface area contributed by atoms with Crippen molar-refractivity contribution in [2.45, 2.75) is 39.2 Å². The van der Waals surface area contributed by atoms with E-state index in [2.05, 4.69) is 20.5 Å². The Labute approximate surface area is 145 Å². The van der Waals surface area contributed by atoms with E-state index in [0.29, 0.717) is 18.2 Å². The van der Waals surface area contributed by atoms with Crippen LogP contribution in [0.3, 0.4) is 0 Å². The molecule has 6 nitrogen and oxygen atoms in total. The van der Waals surface area contributed by atoms with E-state index in [9.17, 15) is 4.79 Å². The van der Waals surface area contributed by atoms with Gasteiger partial charge in [0.1, 0.15) is 0 Å². The van der Waals surface area contributed by atoms with Crippen LogP contribution in [0.5, 0.6) is 0 Å². The van der Waals surface area contributed by atoms with Crippen molar-refractivity contribution >= 4 is 17.2 Å². The Kier molecular flexibility index (Phi) is 4.37. The van der Waals surface area contributed by atoms with E-state index >= 15 is 0 Å². The van der Waals surface area contributed by atoms with Gasteiger partial charge in [-0.3, -0.25) is 9.89 Å². The van der Waals surface area contributed by atoms with Crippen LogP contribution in [0.15, 0.2) is 5.51 Å². The van der Waals surface area contributed by atoms with Crippen molar-refractivity contribution in [1.29, 1.82) is 0 Å². The number of hydrogen-bond acceptors (Lipinski definition) is 5. The van der Waals surface area contributed by atoms with E-state index in [4.69, 9.17) is 0 Å². The number of thiazole rings is 1. The van der Waals surface area contributed by atoms with E-state index < -0.39 is 0 Å². The molecule has 0 bridgehead atoms. The molecule has 2 aliphatic rings. The van der Waals surface area contributed by atoms with Crippen LogP contribution >= 0.6 is 11.3 Å². The zero-order valence-corrected chi connectivity index (χ0v) is 14.8. The van der Waals surface area contributed by atoms with Crippen LogP contribution in [0.2, 0.25) is 0 Å². The lowest BCUT2D eigenvalue weighted by molar-refractivity contribution is 0.0713. The van der Waals surface area contributed by atoms with Gasteiger partial charge in [0.15, 0.2) is 5.69 Å². The second-order valence-corrected chi connectivity index (χ2v) is 7.73. The molecule has 128 valence electrons. The molecular weight excluding hydrogens is 322 g/mol. The zero-order valence-electron chi connectivity index (χ0n) is 14.0. The summed E-state index contributed by atoms with van der Waals surface area (Å²) in [4.78, 5) is 20.7. The lowest BCUT2D eigenvalue weighted by atomic mass is 10.1. The SMILES string of the molecule is Cc1ncsc1CN(CC1CCNC1)C(=O)c1n[nH]c2c1CCC2. The smallest absolute Gasteiger partial charge is 0.274 e. The molecule has 4 rings (SSSR count). The lowest BCUT2D eigenvalue weighted by Crippen LogP contribution is -2.36. The standard InChI is InChI=1S/C17H23N5OS/c1-11-15(24-10-19-11)9-22(8-12-5-6-18-7-12)17(23)16-13-3-2-4-14(13)20-21-16/h10,12,18H,2-9H2,1H3,(H,20,21). The number of amides is 1. The molecule has 2 aromatic heterocycles. The van der Waals surface area contributed by atoms with Crippen LogP contribution in [-0.4, -0.2) is 45.6 Å². The van der Waals surface area contributed by atoms with Gasteiger partial charge in [-0.15, -0.1) is 11.3 Å². The Morgan fingerprint density at radius 1 is 1.46 bits per heavy atom. The van der Waals surface area contributed by atoms with Gasteiger partial charge in [-0.05, 0) is 51.6 Å². The molecule has 1 fully saturated rings. The number of H-pyrrole nitrogens is 1. The molecule has 0 radical (unpaired) electrons. The van der Waals surface area contributed by atoms with Gasteiger partial charge in [-0.1, -0.05) is 0 Å². The van der Waals surface area contributed by atoms with Crippen molar-refractivity contribution in [3.05, 3.63) is 33.0 Å². The summed E-state index contributed by atoms with van der Waals surface area (Å²) >= 11 is 1.63. The Morgan fingerprint density at radius 3 is 3.12 bits per heavy atom. The highest BCUT2D eigenvalue weighted by Gasteiger charge is 2.29. The molecule has 3 heterocycles. The summed E-state index contributed by atoms with van der Waals surface area (Å²) in [7, 11) is 0. The molecule has 0 spiro atoms. The maximum absolute atomic E-state index is 13.2. The minimum atomic E-state index is 0.0640. The second kappa shape index (κ2) is 6.64. The minimum absolute atomic E-state index is 0.0640. The Bertz CT molecular complexity index is 731. The van der Waals surface area contributed by atoms with Crippen molar-refractivity contribution in [3.8, 4) is 0 Å². The monoisotopic (exact) mass is 345 g/mol. The van der Waals surface area contributed by atoms with Gasteiger partial charge in [0.25, 0.3) is 5.91 Å². The van der Waals surface area contributed by atoms with E-state index in [0.717, 1.165) is 62.3 Å². The first-order chi connectivity index (χ1) is 11.7. The van der Waals surface area contributed by atoms with Crippen LogP contribution < -0.4 is 5.32 Å². The van der Waals surface area contributed by atoms with Crippen molar-refractivity contribution in [3.63, 3.8) is 0 Å². The van der Waals surface area contributed by atoms with Crippen LogP contribution in [0.1, 0.15) is 45.2 Å². The number of nitrogens with one attached hydrogen (secondary N) is 2. The maximum Gasteiger partial charge on any atom is 0.274 e. The molecule has 0 aromatic carbocycles. The maximum atomic E-state index is 13.2. The molecule has 2 aromatic rings. The minimum Gasteiger partial charge on any atom is -0.332 e. The summed E-state index contributed by atoms with van der Waals surface area (Å²) in [6.45, 7) is 5.46. The predicted molar refractivity (Wildman–Crippen MR) is 93.2 cm³/mol. The number of carbonyl (C=O) groups excluding carboxylic acids is 1. The Balaban J connectivity index is 1.58. The molecule has 2 N–H and O–H groups in total. The van der Waals surface area contributed by atoms with Gasteiger partial charge in [0.05, 0.1) is 17.7 Å². The average Bonchev–Trinajstić information content (AvgIpc) is 3.31. The highest BCUT2D eigenvalue weighted by Crippen LogP contribution is 2.25. The molecule has 7 heteroatoms. The summed E-state index contributed by atoms with van der Waals surface area (Å²) in [5.41, 5.74) is 5.80. The van der Waals surface area contributed by atoms with E-state index in [1.807, 2.05) is 17.3 Å². The van der Waals surface area contributed by atoms with Gasteiger partial charge in [0.2, 0.25) is 0 Å². The highest BCUT2D eigenvalue weighted by atomic mass is 32.1. The molecule has 1 saturated heterocycles. The van der Waals surface area contributed by atoms with Gasteiger partial charge >= 0.3 is 0 Å². The fourth-order valence-corrected chi connectivity index (χ4v) is 4.49. The van der Waals surface area contributed by atoms with Crippen LogP contribution in [0.4, 0.5) is 0 Å². The Morgan fingerprint density at radius 2 is 2.38 bits per heavy atom.